The fraction of sp³-hybridized carbons (Fsp3) is 0.429. The molecule has 1 aliphatic heterocycles. The zero-order chi connectivity index (χ0) is 14.5. The Morgan fingerprint density at radius 3 is 3.05 bits per heavy atom. The van der Waals surface area contributed by atoms with Crippen LogP contribution in [0.25, 0.3) is 0 Å². The van der Waals surface area contributed by atoms with Crippen molar-refractivity contribution in [2.24, 2.45) is 0 Å². The summed E-state index contributed by atoms with van der Waals surface area (Å²) >= 11 is 0. The van der Waals surface area contributed by atoms with E-state index in [-0.39, 0.29) is 25.0 Å². The maximum atomic E-state index is 11.8. The number of nitrogens with zero attached hydrogens (tertiary/aromatic N) is 1. The molecule has 0 saturated carbocycles. The lowest BCUT2D eigenvalue weighted by atomic mass is 10.1. The monoisotopic (exact) mass is 278 g/mol. The molecule has 1 N–H and O–H groups in total. The minimum Gasteiger partial charge on any atom is -0.423 e. The third-order valence-corrected chi connectivity index (χ3v) is 2.96. The quantitative estimate of drug-likeness (QED) is 0.482. The van der Waals surface area contributed by atoms with Crippen molar-refractivity contribution >= 4 is 17.6 Å². The van der Waals surface area contributed by atoms with Crippen LogP contribution in [-0.4, -0.2) is 45.2 Å². The number of methoxy groups -OCH3 is 1. The summed E-state index contributed by atoms with van der Waals surface area (Å²) in [4.78, 5) is 25.1. The van der Waals surface area contributed by atoms with E-state index in [4.69, 9.17) is 9.47 Å². The zero-order valence-electron chi connectivity index (χ0n) is 11.6. The van der Waals surface area contributed by atoms with Gasteiger partial charge in [0.15, 0.2) is 5.75 Å². The maximum Gasteiger partial charge on any atom is 0.331 e. The van der Waals surface area contributed by atoms with Gasteiger partial charge >= 0.3 is 5.97 Å². The number of ether oxygens (including phenoxy) is 2. The van der Waals surface area contributed by atoms with Crippen LogP contribution in [0.3, 0.4) is 0 Å². The summed E-state index contributed by atoms with van der Waals surface area (Å²) in [5.74, 6) is 0.00186. The highest BCUT2D eigenvalue weighted by atomic mass is 16.5. The summed E-state index contributed by atoms with van der Waals surface area (Å²) in [7, 11) is 1.57. The standard InChI is InChI=1S/C14H18N2O4/c1-10-3-4-11-12(7-10)20-14(18)9-16(11)8-13(17)15-5-6-19-2/h3-4,7H,5-6,8-9H2,1-2H3,(H,15,17). The van der Waals surface area contributed by atoms with Crippen LogP contribution in [0.2, 0.25) is 0 Å². The molecule has 0 fully saturated rings. The van der Waals surface area contributed by atoms with Crippen LogP contribution >= 0.6 is 0 Å². The average Bonchev–Trinajstić information content (AvgIpc) is 2.38. The molecule has 0 spiro atoms. The fourth-order valence-electron chi connectivity index (χ4n) is 2.02. The normalized spacial score (nSPS) is 13.7. The van der Waals surface area contributed by atoms with Crippen molar-refractivity contribution in [1.29, 1.82) is 0 Å². The van der Waals surface area contributed by atoms with Crippen LogP contribution < -0.4 is 15.0 Å². The molecule has 6 heteroatoms. The van der Waals surface area contributed by atoms with E-state index in [0.717, 1.165) is 11.3 Å². The molecular formula is C14H18N2O4. The second kappa shape index (κ2) is 6.38. The van der Waals surface area contributed by atoms with Gasteiger partial charge < -0.3 is 19.7 Å². The second-order valence-corrected chi connectivity index (χ2v) is 4.64. The Hall–Kier alpha value is -2.08. The van der Waals surface area contributed by atoms with Gasteiger partial charge in [0.25, 0.3) is 0 Å². The van der Waals surface area contributed by atoms with Crippen LogP contribution in [-0.2, 0) is 14.3 Å². The molecule has 1 aromatic carbocycles. The molecule has 1 aromatic rings. The molecule has 2 rings (SSSR count). The van der Waals surface area contributed by atoms with Crippen LogP contribution in [0, 0.1) is 6.92 Å². The van der Waals surface area contributed by atoms with Crippen LogP contribution in [0.5, 0.6) is 5.75 Å². The highest BCUT2D eigenvalue weighted by molar-refractivity contribution is 5.89. The van der Waals surface area contributed by atoms with Crippen LogP contribution in [0.1, 0.15) is 5.56 Å². The third-order valence-electron chi connectivity index (χ3n) is 2.96. The number of aryl methyl sites for hydroxylation is 1. The SMILES string of the molecule is COCCNC(=O)CN1CC(=O)Oc2cc(C)ccc21. The Kier molecular flexibility index (Phi) is 4.57. The molecule has 0 aliphatic carbocycles. The predicted molar refractivity (Wildman–Crippen MR) is 73.9 cm³/mol. The number of anilines is 1. The molecule has 0 saturated heterocycles. The minimum absolute atomic E-state index is 0.0771. The number of rotatable bonds is 5. The van der Waals surface area contributed by atoms with Crippen LogP contribution in [0.4, 0.5) is 5.69 Å². The lowest BCUT2D eigenvalue weighted by Gasteiger charge is -2.29. The third kappa shape index (κ3) is 3.48. The topological polar surface area (TPSA) is 67.9 Å². The summed E-state index contributed by atoms with van der Waals surface area (Å²) < 4.78 is 10.1. The molecule has 0 atom stereocenters. The highest BCUT2D eigenvalue weighted by Gasteiger charge is 2.25. The number of esters is 1. The molecule has 20 heavy (non-hydrogen) atoms. The number of fused-ring (bicyclic) bond motifs is 1. The first kappa shape index (κ1) is 14.3. The van der Waals surface area contributed by atoms with Gasteiger partial charge in [-0.15, -0.1) is 0 Å². The first-order valence-corrected chi connectivity index (χ1v) is 6.42. The van der Waals surface area contributed by atoms with Gasteiger partial charge in [-0.05, 0) is 24.6 Å². The first-order valence-electron chi connectivity index (χ1n) is 6.42. The van der Waals surface area contributed by atoms with Gasteiger partial charge in [-0.1, -0.05) is 6.07 Å². The second-order valence-electron chi connectivity index (χ2n) is 4.64. The van der Waals surface area contributed by atoms with Gasteiger partial charge in [-0.3, -0.25) is 4.79 Å². The summed E-state index contributed by atoms with van der Waals surface area (Å²) in [6.07, 6.45) is 0. The van der Waals surface area contributed by atoms with Gasteiger partial charge in [0.2, 0.25) is 5.91 Å². The van der Waals surface area contributed by atoms with E-state index >= 15 is 0 Å². The number of nitrogens with one attached hydrogen (secondary N) is 1. The zero-order valence-corrected chi connectivity index (χ0v) is 11.6. The number of carbonyl (C=O) groups excluding carboxylic acids is 2. The van der Waals surface area contributed by atoms with Crippen molar-refractivity contribution < 1.29 is 19.1 Å². The summed E-state index contributed by atoms with van der Waals surface area (Å²) in [6.45, 7) is 3.03. The molecule has 108 valence electrons. The van der Waals surface area contributed by atoms with E-state index in [0.29, 0.717) is 18.9 Å². The number of hydrogen-bond donors (Lipinski definition) is 1. The Labute approximate surface area is 117 Å². The Morgan fingerprint density at radius 2 is 2.30 bits per heavy atom. The lowest BCUT2D eigenvalue weighted by Crippen LogP contribution is -2.44. The lowest BCUT2D eigenvalue weighted by molar-refractivity contribution is -0.133. The van der Waals surface area contributed by atoms with Gasteiger partial charge in [-0.2, -0.15) is 0 Å². The Morgan fingerprint density at radius 1 is 1.50 bits per heavy atom. The van der Waals surface area contributed by atoms with Crippen molar-refractivity contribution in [2.45, 2.75) is 6.92 Å². The summed E-state index contributed by atoms with van der Waals surface area (Å²) in [5, 5.41) is 2.73. The molecule has 1 aliphatic rings. The molecule has 0 aromatic heterocycles. The van der Waals surface area contributed by atoms with E-state index in [1.165, 1.54) is 0 Å². The largest absolute Gasteiger partial charge is 0.423 e. The smallest absolute Gasteiger partial charge is 0.331 e. The van der Waals surface area contributed by atoms with E-state index in [9.17, 15) is 9.59 Å². The molecule has 0 bridgehead atoms. The van der Waals surface area contributed by atoms with Gasteiger partial charge in [0.1, 0.15) is 6.54 Å². The molecular weight excluding hydrogens is 260 g/mol. The average molecular weight is 278 g/mol. The van der Waals surface area contributed by atoms with Crippen molar-refractivity contribution in [3.63, 3.8) is 0 Å². The Bertz CT molecular complexity index is 516. The van der Waals surface area contributed by atoms with E-state index < -0.39 is 0 Å². The number of amides is 1. The predicted octanol–water partition coefficient (Wildman–Crippen LogP) is 0.483. The first-order chi connectivity index (χ1) is 9.60. The summed E-state index contributed by atoms with van der Waals surface area (Å²) in [6, 6.07) is 5.58. The number of benzene rings is 1. The van der Waals surface area contributed by atoms with Gasteiger partial charge in [-0.25, -0.2) is 4.79 Å². The van der Waals surface area contributed by atoms with Gasteiger partial charge in [0.05, 0.1) is 18.8 Å². The number of carbonyl (C=O) groups is 2. The summed E-state index contributed by atoms with van der Waals surface area (Å²) in [5.41, 5.74) is 1.76. The van der Waals surface area contributed by atoms with Gasteiger partial charge in [0, 0.05) is 13.7 Å². The fourth-order valence-corrected chi connectivity index (χ4v) is 2.02. The molecule has 6 nitrogen and oxygen atoms in total. The van der Waals surface area contributed by atoms with Crippen molar-refractivity contribution in [3.05, 3.63) is 23.8 Å². The van der Waals surface area contributed by atoms with Crippen LogP contribution in [0.15, 0.2) is 18.2 Å². The molecule has 0 radical (unpaired) electrons. The molecule has 0 unspecified atom stereocenters. The van der Waals surface area contributed by atoms with E-state index in [1.807, 2.05) is 19.1 Å². The van der Waals surface area contributed by atoms with Crippen molar-refractivity contribution in [2.75, 3.05) is 38.3 Å². The highest BCUT2D eigenvalue weighted by Crippen LogP contribution is 2.32. The molecule has 1 heterocycles. The minimum atomic E-state index is -0.354. The molecule has 1 amide bonds. The van der Waals surface area contributed by atoms with E-state index in [2.05, 4.69) is 5.32 Å². The van der Waals surface area contributed by atoms with Crippen molar-refractivity contribution in [3.8, 4) is 5.75 Å². The Balaban J connectivity index is 2.05. The maximum absolute atomic E-state index is 11.8. The number of hydrogen-bond acceptors (Lipinski definition) is 5. The van der Waals surface area contributed by atoms with E-state index in [1.54, 1.807) is 18.1 Å². The van der Waals surface area contributed by atoms with Crippen molar-refractivity contribution in [1.82, 2.24) is 5.32 Å².